The predicted octanol–water partition coefficient (Wildman–Crippen LogP) is 1.98. The van der Waals surface area contributed by atoms with Crippen molar-refractivity contribution in [2.24, 2.45) is 0 Å². The normalized spacial score (nSPS) is 13.6. The third kappa shape index (κ3) is 1.88. The van der Waals surface area contributed by atoms with Gasteiger partial charge in [-0.2, -0.15) is 0 Å². The van der Waals surface area contributed by atoms with Crippen molar-refractivity contribution in [2.75, 3.05) is 7.11 Å². The molecule has 1 aromatic heterocycles. The number of benzene rings is 1. The number of rotatable bonds is 3. The minimum atomic E-state index is -1.19. The Balaban J connectivity index is 2.49. The number of carbonyl (C=O) groups excluding carboxylic acids is 1. The molecule has 0 bridgehead atoms. The standard InChI is InChI=1S/C14H17NO3/c1-14(2,12(16)13(17)18-3)10-8-15-11-7-5-4-6-9(10)11/h4-8,12,15-16H,1-3H3. The summed E-state index contributed by atoms with van der Waals surface area (Å²) in [6.45, 7) is 3.65. The molecule has 2 rings (SSSR count). The van der Waals surface area contributed by atoms with Gasteiger partial charge in [-0.1, -0.05) is 32.0 Å². The third-order valence-electron chi connectivity index (χ3n) is 3.39. The molecule has 0 saturated heterocycles. The maximum Gasteiger partial charge on any atom is 0.335 e. The van der Waals surface area contributed by atoms with Gasteiger partial charge in [-0.3, -0.25) is 0 Å². The Labute approximate surface area is 106 Å². The molecule has 1 atom stereocenters. The molecular formula is C14H17NO3. The van der Waals surface area contributed by atoms with Crippen molar-refractivity contribution in [3.63, 3.8) is 0 Å². The second kappa shape index (κ2) is 4.46. The quantitative estimate of drug-likeness (QED) is 0.815. The Morgan fingerprint density at radius 1 is 1.39 bits per heavy atom. The lowest BCUT2D eigenvalue weighted by Crippen LogP contribution is -2.40. The number of aromatic nitrogens is 1. The van der Waals surface area contributed by atoms with Gasteiger partial charge in [0.1, 0.15) is 0 Å². The molecule has 0 aliphatic carbocycles. The Morgan fingerprint density at radius 2 is 2.06 bits per heavy atom. The van der Waals surface area contributed by atoms with Crippen molar-refractivity contribution in [3.8, 4) is 0 Å². The summed E-state index contributed by atoms with van der Waals surface area (Å²) in [5, 5.41) is 11.1. The summed E-state index contributed by atoms with van der Waals surface area (Å²) < 4.78 is 4.61. The number of para-hydroxylation sites is 1. The van der Waals surface area contributed by atoms with Gasteiger partial charge >= 0.3 is 5.97 Å². The van der Waals surface area contributed by atoms with Gasteiger partial charge in [-0.25, -0.2) is 4.79 Å². The van der Waals surface area contributed by atoms with Crippen LogP contribution in [0.1, 0.15) is 19.4 Å². The van der Waals surface area contributed by atoms with Crippen molar-refractivity contribution < 1.29 is 14.6 Å². The maximum atomic E-state index is 11.5. The van der Waals surface area contributed by atoms with E-state index in [1.54, 1.807) is 0 Å². The van der Waals surface area contributed by atoms with E-state index in [2.05, 4.69) is 9.72 Å². The molecule has 0 spiro atoms. The van der Waals surface area contributed by atoms with E-state index in [0.29, 0.717) is 0 Å². The topological polar surface area (TPSA) is 62.3 Å². The van der Waals surface area contributed by atoms with Gasteiger partial charge in [0.2, 0.25) is 0 Å². The predicted molar refractivity (Wildman–Crippen MR) is 69.3 cm³/mol. The zero-order chi connectivity index (χ0) is 13.3. The van der Waals surface area contributed by atoms with Crippen LogP contribution in [0.15, 0.2) is 30.5 Å². The molecule has 2 aromatic rings. The van der Waals surface area contributed by atoms with Crippen molar-refractivity contribution in [1.82, 2.24) is 4.98 Å². The smallest absolute Gasteiger partial charge is 0.335 e. The number of aromatic amines is 1. The summed E-state index contributed by atoms with van der Waals surface area (Å²) in [4.78, 5) is 14.7. The minimum absolute atomic E-state index is 0.620. The zero-order valence-corrected chi connectivity index (χ0v) is 10.7. The van der Waals surface area contributed by atoms with Crippen molar-refractivity contribution in [1.29, 1.82) is 0 Å². The fourth-order valence-electron chi connectivity index (χ4n) is 2.16. The van der Waals surface area contributed by atoms with Crippen LogP contribution >= 0.6 is 0 Å². The average Bonchev–Trinajstić information content (AvgIpc) is 2.81. The molecule has 2 N–H and O–H groups in total. The van der Waals surface area contributed by atoms with Gasteiger partial charge < -0.3 is 14.8 Å². The Morgan fingerprint density at radius 3 is 2.72 bits per heavy atom. The number of aliphatic hydroxyl groups excluding tert-OH is 1. The SMILES string of the molecule is COC(=O)C(O)C(C)(C)c1c[nH]c2ccccc12. The van der Waals surface area contributed by atoms with E-state index in [-0.39, 0.29) is 0 Å². The number of fused-ring (bicyclic) bond motifs is 1. The van der Waals surface area contributed by atoms with Crippen LogP contribution in [0, 0.1) is 0 Å². The molecule has 0 aliphatic heterocycles. The van der Waals surface area contributed by atoms with Crippen LogP contribution in [-0.2, 0) is 14.9 Å². The average molecular weight is 247 g/mol. The van der Waals surface area contributed by atoms with Gasteiger partial charge in [-0.05, 0) is 11.6 Å². The molecule has 18 heavy (non-hydrogen) atoms. The van der Waals surface area contributed by atoms with Gasteiger partial charge in [0.05, 0.1) is 7.11 Å². The lowest BCUT2D eigenvalue weighted by Gasteiger charge is -2.28. The number of esters is 1. The first kappa shape index (κ1) is 12.6. The van der Waals surface area contributed by atoms with Crippen LogP contribution in [0.3, 0.4) is 0 Å². The van der Waals surface area contributed by atoms with E-state index in [0.717, 1.165) is 16.5 Å². The second-order valence-electron chi connectivity index (χ2n) is 4.90. The number of nitrogens with one attached hydrogen (secondary N) is 1. The highest BCUT2D eigenvalue weighted by atomic mass is 16.5. The summed E-state index contributed by atoms with van der Waals surface area (Å²) >= 11 is 0. The van der Waals surface area contributed by atoms with Crippen molar-refractivity contribution >= 4 is 16.9 Å². The van der Waals surface area contributed by atoms with E-state index in [1.165, 1.54) is 7.11 Å². The Hall–Kier alpha value is -1.81. The monoisotopic (exact) mass is 247 g/mol. The highest BCUT2D eigenvalue weighted by Crippen LogP contribution is 2.33. The van der Waals surface area contributed by atoms with Crippen molar-refractivity contribution in [3.05, 3.63) is 36.0 Å². The van der Waals surface area contributed by atoms with Gasteiger partial charge in [0.25, 0.3) is 0 Å². The maximum absolute atomic E-state index is 11.5. The molecule has 1 aromatic carbocycles. The number of H-pyrrole nitrogens is 1. The van der Waals surface area contributed by atoms with Crippen LogP contribution < -0.4 is 0 Å². The summed E-state index contributed by atoms with van der Waals surface area (Å²) in [6, 6.07) is 7.79. The van der Waals surface area contributed by atoms with Crippen LogP contribution in [0.5, 0.6) is 0 Å². The number of hydrogen-bond donors (Lipinski definition) is 2. The fourth-order valence-corrected chi connectivity index (χ4v) is 2.16. The highest BCUT2D eigenvalue weighted by Gasteiger charge is 2.37. The molecule has 0 radical (unpaired) electrons. The van der Waals surface area contributed by atoms with Crippen molar-refractivity contribution in [2.45, 2.75) is 25.4 Å². The summed E-state index contributed by atoms with van der Waals surface area (Å²) in [5.41, 5.74) is 1.17. The lowest BCUT2D eigenvalue weighted by atomic mass is 9.79. The van der Waals surface area contributed by atoms with Crippen LogP contribution in [0.2, 0.25) is 0 Å². The first-order valence-corrected chi connectivity index (χ1v) is 5.81. The van der Waals surface area contributed by atoms with E-state index in [4.69, 9.17) is 0 Å². The number of carbonyl (C=O) groups is 1. The fraction of sp³-hybridized carbons (Fsp3) is 0.357. The molecule has 1 heterocycles. The molecule has 96 valence electrons. The molecule has 0 fully saturated rings. The molecule has 0 aliphatic rings. The van der Waals surface area contributed by atoms with Gasteiger partial charge in [0.15, 0.2) is 6.10 Å². The first-order valence-electron chi connectivity index (χ1n) is 5.81. The second-order valence-corrected chi connectivity index (χ2v) is 4.90. The highest BCUT2D eigenvalue weighted by molar-refractivity contribution is 5.86. The number of aliphatic hydroxyl groups is 1. The van der Waals surface area contributed by atoms with Crippen LogP contribution in [0.4, 0.5) is 0 Å². The largest absolute Gasteiger partial charge is 0.467 e. The number of ether oxygens (including phenoxy) is 1. The van der Waals surface area contributed by atoms with E-state index in [1.807, 2.05) is 44.3 Å². The zero-order valence-electron chi connectivity index (χ0n) is 10.7. The Bertz CT molecular complexity index is 571. The summed E-state index contributed by atoms with van der Waals surface area (Å²) in [5.74, 6) is -0.620. The van der Waals surface area contributed by atoms with Crippen LogP contribution in [-0.4, -0.2) is 29.3 Å². The molecule has 4 heteroatoms. The van der Waals surface area contributed by atoms with E-state index in [9.17, 15) is 9.90 Å². The molecular weight excluding hydrogens is 230 g/mol. The minimum Gasteiger partial charge on any atom is -0.467 e. The summed E-state index contributed by atoms with van der Waals surface area (Å²) in [7, 11) is 1.27. The Kier molecular flexibility index (Phi) is 3.13. The first-order chi connectivity index (χ1) is 8.48. The summed E-state index contributed by atoms with van der Waals surface area (Å²) in [6.07, 6.45) is 0.637. The molecule has 0 saturated carbocycles. The van der Waals surface area contributed by atoms with Gasteiger partial charge in [-0.15, -0.1) is 0 Å². The van der Waals surface area contributed by atoms with E-state index >= 15 is 0 Å². The number of methoxy groups -OCH3 is 1. The molecule has 4 nitrogen and oxygen atoms in total. The lowest BCUT2D eigenvalue weighted by molar-refractivity contribution is -0.153. The molecule has 0 amide bonds. The van der Waals surface area contributed by atoms with Gasteiger partial charge in [0, 0.05) is 22.5 Å². The van der Waals surface area contributed by atoms with E-state index < -0.39 is 17.5 Å². The molecule has 1 unspecified atom stereocenters. The van der Waals surface area contributed by atoms with Crippen LogP contribution in [0.25, 0.3) is 10.9 Å². The third-order valence-corrected chi connectivity index (χ3v) is 3.39. The number of hydrogen-bond acceptors (Lipinski definition) is 3.